The third-order valence-corrected chi connectivity index (χ3v) is 9.26. The molecule has 2 aliphatic rings. The second-order valence-electron chi connectivity index (χ2n) is 9.54. The van der Waals surface area contributed by atoms with Crippen molar-refractivity contribution in [2.24, 2.45) is 4.99 Å². The fraction of sp³-hybridized carbons (Fsp3) is 0.133. The van der Waals surface area contributed by atoms with Crippen LogP contribution in [0.5, 0.6) is 0 Å². The zero-order valence-corrected chi connectivity index (χ0v) is 22.4. The number of nitro benzene ring substituents is 1. The van der Waals surface area contributed by atoms with E-state index in [9.17, 15) is 14.9 Å². The number of hydrogen-bond acceptors (Lipinski definition) is 7. The van der Waals surface area contributed by atoms with Gasteiger partial charge in [-0.3, -0.25) is 19.5 Å². The van der Waals surface area contributed by atoms with Crippen molar-refractivity contribution in [1.29, 1.82) is 0 Å². The van der Waals surface area contributed by atoms with Crippen LogP contribution in [0.2, 0.25) is 0 Å². The minimum absolute atomic E-state index is 0.0397. The van der Waals surface area contributed by atoms with Crippen molar-refractivity contribution in [1.82, 2.24) is 4.57 Å². The van der Waals surface area contributed by atoms with Crippen LogP contribution in [0.25, 0.3) is 23.1 Å². The molecule has 4 heterocycles. The Labute approximate surface area is 230 Å². The molecule has 7 rings (SSSR count). The average Bonchev–Trinajstić information content (AvgIpc) is 3.70. The van der Waals surface area contributed by atoms with E-state index in [4.69, 9.17) is 9.41 Å². The summed E-state index contributed by atoms with van der Waals surface area (Å²) in [6, 6.07) is 20.8. The van der Waals surface area contributed by atoms with Gasteiger partial charge < -0.3 is 4.42 Å². The second-order valence-corrected chi connectivity index (χ2v) is 11.5. The Bertz CT molecular complexity index is 1990. The highest BCUT2D eigenvalue weighted by Gasteiger charge is 2.33. The van der Waals surface area contributed by atoms with Crippen molar-refractivity contribution >= 4 is 40.1 Å². The fourth-order valence-corrected chi connectivity index (χ4v) is 7.34. The number of nitrogens with zero attached hydrogens (tertiary/aromatic N) is 3. The van der Waals surface area contributed by atoms with Crippen molar-refractivity contribution in [2.45, 2.75) is 25.8 Å². The van der Waals surface area contributed by atoms with Gasteiger partial charge in [-0.05, 0) is 54.5 Å². The minimum Gasteiger partial charge on any atom is -0.457 e. The molecule has 0 saturated heterocycles. The first-order valence-corrected chi connectivity index (χ1v) is 14.2. The quantitative estimate of drug-likeness (QED) is 0.207. The summed E-state index contributed by atoms with van der Waals surface area (Å²) in [5.74, 6) is 1.02. The van der Waals surface area contributed by atoms with Crippen LogP contribution in [0.1, 0.15) is 39.8 Å². The highest BCUT2D eigenvalue weighted by molar-refractivity contribution is 7.10. The van der Waals surface area contributed by atoms with E-state index in [-0.39, 0.29) is 17.3 Å². The fourth-order valence-electron chi connectivity index (χ4n) is 5.51. The normalized spacial score (nSPS) is 16.4. The Kier molecular flexibility index (Phi) is 5.57. The lowest BCUT2D eigenvalue weighted by Gasteiger charge is -2.30. The molecule has 1 aliphatic carbocycles. The van der Waals surface area contributed by atoms with Crippen LogP contribution in [0.15, 0.2) is 91.9 Å². The Morgan fingerprint density at radius 3 is 2.72 bits per heavy atom. The van der Waals surface area contributed by atoms with Gasteiger partial charge in [0.05, 0.1) is 21.2 Å². The maximum atomic E-state index is 13.8. The number of rotatable bonds is 4. The Hall–Kier alpha value is -4.34. The van der Waals surface area contributed by atoms with Gasteiger partial charge in [0.1, 0.15) is 11.5 Å². The Balaban J connectivity index is 1.37. The number of allylic oxidation sites excluding steroid dienone is 1. The number of benzene rings is 2. The first-order valence-electron chi connectivity index (χ1n) is 12.5. The molecule has 0 fully saturated rings. The summed E-state index contributed by atoms with van der Waals surface area (Å²) in [7, 11) is 0. The number of hydrogen-bond donors (Lipinski definition) is 0. The van der Waals surface area contributed by atoms with Crippen molar-refractivity contribution in [3.63, 3.8) is 0 Å². The van der Waals surface area contributed by atoms with Gasteiger partial charge >= 0.3 is 0 Å². The van der Waals surface area contributed by atoms with Crippen LogP contribution in [0.4, 0.5) is 5.69 Å². The number of nitro groups is 1. The molecule has 0 bridgehead atoms. The highest BCUT2D eigenvalue weighted by atomic mass is 32.1. The van der Waals surface area contributed by atoms with Crippen molar-refractivity contribution in [3.05, 3.63) is 135 Å². The van der Waals surface area contributed by atoms with E-state index in [2.05, 4.69) is 24.3 Å². The molecule has 0 spiro atoms. The second kappa shape index (κ2) is 9.14. The van der Waals surface area contributed by atoms with E-state index in [0.717, 1.165) is 29.0 Å². The van der Waals surface area contributed by atoms with Gasteiger partial charge in [-0.2, -0.15) is 0 Å². The topological polar surface area (TPSA) is 90.6 Å². The van der Waals surface area contributed by atoms with Gasteiger partial charge in [-0.1, -0.05) is 53.8 Å². The maximum absolute atomic E-state index is 13.8. The molecule has 0 radical (unpaired) electrons. The number of fused-ring (bicyclic) bond motifs is 3. The summed E-state index contributed by atoms with van der Waals surface area (Å²) in [6.45, 7) is 1.71. The summed E-state index contributed by atoms with van der Waals surface area (Å²) in [4.78, 5) is 31.6. The van der Waals surface area contributed by atoms with Crippen LogP contribution in [-0.2, 0) is 6.42 Å². The first-order chi connectivity index (χ1) is 19.0. The van der Waals surface area contributed by atoms with Gasteiger partial charge in [-0.25, -0.2) is 4.99 Å². The van der Waals surface area contributed by atoms with E-state index in [1.807, 2.05) is 22.1 Å². The molecule has 3 aromatic heterocycles. The van der Waals surface area contributed by atoms with Crippen LogP contribution >= 0.6 is 22.7 Å². The van der Waals surface area contributed by atoms with E-state index in [0.29, 0.717) is 32.0 Å². The molecule has 39 heavy (non-hydrogen) atoms. The van der Waals surface area contributed by atoms with E-state index in [1.54, 1.807) is 48.6 Å². The predicted octanol–water partition coefficient (Wildman–Crippen LogP) is 5.86. The molecular formula is C30H21N3O4S2. The maximum Gasteiger partial charge on any atom is 0.273 e. The lowest BCUT2D eigenvalue weighted by molar-refractivity contribution is -0.385. The summed E-state index contributed by atoms with van der Waals surface area (Å²) in [5.41, 5.74) is 5.69. The molecule has 0 saturated carbocycles. The zero-order chi connectivity index (χ0) is 26.7. The SMILES string of the molecule is Cc1c(-c2ccc(/C=c3\sc4n(c3=O)C(c3cccs3)C3=C(N=4)c4ccccc4CC3)o2)cccc1[N+](=O)[O-]. The van der Waals surface area contributed by atoms with Crippen molar-refractivity contribution < 1.29 is 9.34 Å². The molecule has 192 valence electrons. The molecular weight excluding hydrogens is 530 g/mol. The third-order valence-electron chi connectivity index (χ3n) is 7.35. The average molecular weight is 552 g/mol. The molecule has 9 heteroatoms. The number of aromatic nitrogens is 1. The standard InChI is InChI=1S/C30H21N3O4S2/c1-17-20(8-4-9-23(17)33(35)36)24-14-12-19(37-24)16-26-29(34)32-28(25-10-5-15-38-25)22-13-11-18-6-2-3-7-21(18)27(22)31-30(32)39-26/h2-10,12,14-16,28H,11,13H2,1H3/b26-16-. The number of aryl methyl sites for hydroxylation is 1. The highest BCUT2D eigenvalue weighted by Crippen LogP contribution is 2.42. The molecule has 2 aromatic carbocycles. The summed E-state index contributed by atoms with van der Waals surface area (Å²) in [5, 5.41) is 13.4. The van der Waals surface area contributed by atoms with Crippen molar-refractivity contribution in [3.8, 4) is 11.3 Å². The first kappa shape index (κ1) is 23.8. The van der Waals surface area contributed by atoms with Crippen LogP contribution in [0, 0.1) is 17.0 Å². The Morgan fingerprint density at radius 1 is 1.05 bits per heavy atom. The molecule has 7 nitrogen and oxygen atoms in total. The molecule has 1 atom stereocenters. The van der Waals surface area contributed by atoms with Gasteiger partial charge in [0.25, 0.3) is 11.2 Å². The number of thiazole rings is 1. The Morgan fingerprint density at radius 2 is 1.90 bits per heavy atom. The number of thiophene rings is 1. The largest absolute Gasteiger partial charge is 0.457 e. The van der Waals surface area contributed by atoms with Crippen LogP contribution in [0.3, 0.4) is 0 Å². The smallest absolute Gasteiger partial charge is 0.273 e. The van der Waals surface area contributed by atoms with Crippen LogP contribution in [-0.4, -0.2) is 9.49 Å². The molecule has 1 unspecified atom stereocenters. The molecule has 0 N–H and O–H groups in total. The van der Waals surface area contributed by atoms with Gasteiger partial charge in [-0.15, -0.1) is 11.3 Å². The van der Waals surface area contributed by atoms with E-state index >= 15 is 0 Å². The minimum atomic E-state index is -0.397. The summed E-state index contributed by atoms with van der Waals surface area (Å²) in [6.07, 6.45) is 3.51. The predicted molar refractivity (Wildman–Crippen MR) is 153 cm³/mol. The summed E-state index contributed by atoms with van der Waals surface area (Å²) < 4.78 is 8.41. The van der Waals surface area contributed by atoms with Gasteiger partial charge in [0.2, 0.25) is 0 Å². The van der Waals surface area contributed by atoms with E-state index in [1.165, 1.54) is 28.5 Å². The van der Waals surface area contributed by atoms with Crippen molar-refractivity contribution in [2.75, 3.05) is 0 Å². The monoisotopic (exact) mass is 551 g/mol. The lowest BCUT2D eigenvalue weighted by Crippen LogP contribution is -2.38. The van der Waals surface area contributed by atoms with Gasteiger partial charge in [0.15, 0.2) is 4.80 Å². The molecule has 0 amide bonds. The van der Waals surface area contributed by atoms with Gasteiger partial charge in [0, 0.05) is 33.7 Å². The van der Waals surface area contributed by atoms with Crippen LogP contribution < -0.4 is 14.9 Å². The molecule has 5 aromatic rings. The number of furan rings is 1. The molecule has 1 aliphatic heterocycles. The lowest BCUT2D eigenvalue weighted by atomic mass is 9.85. The third kappa shape index (κ3) is 3.85. The summed E-state index contributed by atoms with van der Waals surface area (Å²) >= 11 is 3.00. The zero-order valence-electron chi connectivity index (χ0n) is 20.8. The van der Waals surface area contributed by atoms with E-state index < -0.39 is 4.92 Å².